The summed E-state index contributed by atoms with van der Waals surface area (Å²) in [6, 6.07) is 13.1. The van der Waals surface area contributed by atoms with Crippen LogP contribution in [0.25, 0.3) is 32.8 Å². The summed E-state index contributed by atoms with van der Waals surface area (Å²) in [6.07, 6.45) is 11.8. The Kier molecular flexibility index (Phi) is 7.09. The van der Waals surface area contributed by atoms with Gasteiger partial charge in [0.1, 0.15) is 17.1 Å². The first-order chi connectivity index (χ1) is 23.6. The summed E-state index contributed by atoms with van der Waals surface area (Å²) in [4.78, 5) is 14.3. The van der Waals surface area contributed by atoms with Crippen LogP contribution in [0.15, 0.2) is 42.5 Å². The van der Waals surface area contributed by atoms with Gasteiger partial charge in [0.15, 0.2) is 5.82 Å². The van der Waals surface area contributed by atoms with Gasteiger partial charge >= 0.3 is 6.01 Å². The molecule has 7 nitrogen and oxygen atoms in total. The van der Waals surface area contributed by atoms with Gasteiger partial charge in [0.2, 0.25) is 5.92 Å². The molecule has 3 aromatic carbocycles. The number of terminal acetylenes is 1. The minimum Gasteiger partial charge on any atom is -0.508 e. The number of piperidine rings is 1. The molecule has 5 fully saturated rings. The van der Waals surface area contributed by atoms with Gasteiger partial charge in [0, 0.05) is 71.9 Å². The molecule has 2 atom stereocenters. The number of anilines is 1. The standard InChI is InChI=1S/C39H40F3N5O2/c1-2-24-4-3-5-25-16-28(48)17-31(32(24)25)29-8-9-30-34(33(29)40)44-36(45-35(30)47-18-26-6-7-27(19-47)43-26)49-23-38(10-11-38)22-46-14-12-37(13-15-46)20-39(41,42)21-37/h1,3-5,8-9,16-17,26-27,43,48H,6-7,10-15,18-23H2. The van der Waals surface area contributed by atoms with Gasteiger partial charge in [-0.25, -0.2) is 13.2 Å². The summed E-state index contributed by atoms with van der Waals surface area (Å²) in [6.45, 7) is 4.45. The first kappa shape index (κ1) is 30.9. The summed E-state index contributed by atoms with van der Waals surface area (Å²) >= 11 is 0. The van der Waals surface area contributed by atoms with Crippen molar-refractivity contribution in [3.8, 4) is 35.2 Å². The highest BCUT2D eigenvalue weighted by atomic mass is 19.3. The molecule has 1 spiro atoms. The monoisotopic (exact) mass is 667 g/mol. The molecule has 10 heteroatoms. The molecule has 2 aliphatic carbocycles. The zero-order chi connectivity index (χ0) is 33.5. The zero-order valence-corrected chi connectivity index (χ0v) is 27.5. The molecule has 2 saturated carbocycles. The number of halogens is 3. The number of nitrogens with zero attached hydrogens (tertiary/aromatic N) is 4. The van der Waals surface area contributed by atoms with Gasteiger partial charge in [-0.15, -0.1) is 6.42 Å². The van der Waals surface area contributed by atoms with E-state index in [1.54, 1.807) is 18.2 Å². The summed E-state index contributed by atoms with van der Waals surface area (Å²) in [7, 11) is 0. The van der Waals surface area contributed by atoms with E-state index >= 15 is 4.39 Å². The van der Waals surface area contributed by atoms with Crippen molar-refractivity contribution in [1.82, 2.24) is 20.2 Å². The van der Waals surface area contributed by atoms with Crippen LogP contribution in [0.5, 0.6) is 11.8 Å². The van der Waals surface area contributed by atoms with Crippen LogP contribution >= 0.6 is 0 Å². The van der Waals surface area contributed by atoms with Crippen LogP contribution in [0.3, 0.4) is 0 Å². The molecule has 9 rings (SSSR count). The maximum Gasteiger partial charge on any atom is 0.319 e. The van der Waals surface area contributed by atoms with Crippen LogP contribution in [0.4, 0.5) is 19.0 Å². The lowest BCUT2D eigenvalue weighted by molar-refractivity contribution is -0.178. The lowest BCUT2D eigenvalue weighted by Gasteiger charge is -2.52. The molecular weight excluding hydrogens is 627 g/mol. The number of phenols is 1. The number of alkyl halides is 2. The lowest BCUT2D eigenvalue weighted by Crippen LogP contribution is -2.53. The summed E-state index contributed by atoms with van der Waals surface area (Å²) in [5.41, 5.74) is 1.34. The molecule has 254 valence electrons. The van der Waals surface area contributed by atoms with E-state index in [1.807, 2.05) is 24.3 Å². The minimum absolute atomic E-state index is 0.0177. The van der Waals surface area contributed by atoms with E-state index in [1.165, 1.54) is 0 Å². The third-order valence-electron chi connectivity index (χ3n) is 11.9. The molecule has 4 heterocycles. The Hall–Kier alpha value is -4.07. The summed E-state index contributed by atoms with van der Waals surface area (Å²) in [5, 5.41) is 16.3. The molecule has 4 aromatic rings. The Morgan fingerprint density at radius 2 is 1.73 bits per heavy atom. The van der Waals surface area contributed by atoms with E-state index < -0.39 is 11.7 Å². The topological polar surface area (TPSA) is 73.8 Å². The summed E-state index contributed by atoms with van der Waals surface area (Å²) < 4.78 is 50.6. The van der Waals surface area contributed by atoms with Crippen LogP contribution in [0.1, 0.15) is 56.9 Å². The average molecular weight is 668 g/mol. The van der Waals surface area contributed by atoms with Gasteiger partial charge in [-0.2, -0.15) is 9.97 Å². The molecule has 5 aliphatic rings. The van der Waals surface area contributed by atoms with Gasteiger partial charge < -0.3 is 25.0 Å². The Morgan fingerprint density at radius 1 is 0.980 bits per heavy atom. The van der Waals surface area contributed by atoms with E-state index in [4.69, 9.17) is 21.1 Å². The maximum absolute atomic E-state index is 16.9. The highest BCUT2D eigenvalue weighted by Crippen LogP contribution is 2.58. The second-order valence-corrected chi connectivity index (χ2v) is 15.5. The molecule has 3 aliphatic heterocycles. The van der Waals surface area contributed by atoms with Gasteiger partial charge in [-0.3, -0.25) is 0 Å². The number of nitrogens with one attached hydrogen (secondary N) is 1. The summed E-state index contributed by atoms with van der Waals surface area (Å²) in [5.74, 6) is 0.388. The Bertz CT molecular complexity index is 1990. The van der Waals surface area contributed by atoms with Crippen LogP contribution < -0.4 is 15.0 Å². The molecule has 1 aromatic heterocycles. The average Bonchev–Trinajstić information content (AvgIpc) is 3.76. The molecule has 2 unspecified atom stereocenters. The fourth-order valence-corrected chi connectivity index (χ4v) is 9.16. The van der Waals surface area contributed by atoms with E-state index in [9.17, 15) is 13.9 Å². The lowest BCUT2D eigenvalue weighted by atomic mass is 9.61. The highest BCUT2D eigenvalue weighted by molar-refractivity contribution is 6.04. The van der Waals surface area contributed by atoms with E-state index in [0.717, 1.165) is 76.6 Å². The molecule has 49 heavy (non-hydrogen) atoms. The van der Waals surface area contributed by atoms with E-state index in [0.29, 0.717) is 46.4 Å². The van der Waals surface area contributed by atoms with Crippen molar-refractivity contribution in [2.45, 2.75) is 69.4 Å². The van der Waals surface area contributed by atoms with Crippen LogP contribution in [-0.2, 0) is 0 Å². The fraction of sp³-hybridized carbons (Fsp3) is 0.487. The first-order valence-corrected chi connectivity index (χ1v) is 17.6. The Morgan fingerprint density at radius 3 is 2.43 bits per heavy atom. The molecule has 2 N–H and O–H groups in total. The van der Waals surface area contributed by atoms with Crippen molar-refractivity contribution in [3.05, 3.63) is 53.8 Å². The first-order valence-electron chi connectivity index (χ1n) is 17.6. The number of phenolic OH excluding ortho intramolecular Hbond substituents is 1. The number of fused-ring (bicyclic) bond motifs is 4. The van der Waals surface area contributed by atoms with Gasteiger partial charge in [-0.1, -0.05) is 24.1 Å². The maximum atomic E-state index is 16.9. The number of aromatic nitrogens is 2. The van der Waals surface area contributed by atoms with Gasteiger partial charge in [-0.05, 0) is 92.2 Å². The third kappa shape index (κ3) is 5.55. The largest absolute Gasteiger partial charge is 0.508 e. The van der Waals surface area contributed by atoms with Crippen molar-refractivity contribution in [1.29, 1.82) is 0 Å². The number of aromatic hydroxyl groups is 1. The number of ether oxygens (including phenoxy) is 1. The predicted molar refractivity (Wildman–Crippen MR) is 184 cm³/mol. The van der Waals surface area contributed by atoms with Crippen LogP contribution in [-0.4, -0.2) is 77.3 Å². The molecule has 3 saturated heterocycles. The third-order valence-corrected chi connectivity index (χ3v) is 11.9. The smallest absolute Gasteiger partial charge is 0.319 e. The van der Waals surface area contributed by atoms with Crippen LogP contribution in [0.2, 0.25) is 0 Å². The van der Waals surface area contributed by atoms with Crippen LogP contribution in [0, 0.1) is 29.0 Å². The fourth-order valence-electron chi connectivity index (χ4n) is 9.16. The number of hydrogen-bond donors (Lipinski definition) is 2. The number of rotatable bonds is 7. The zero-order valence-electron chi connectivity index (χ0n) is 27.5. The second kappa shape index (κ2) is 11.2. The van der Waals surface area contributed by atoms with E-state index in [-0.39, 0.29) is 46.5 Å². The van der Waals surface area contributed by atoms with Crippen molar-refractivity contribution in [3.63, 3.8) is 0 Å². The van der Waals surface area contributed by atoms with Gasteiger partial charge in [0.05, 0.1) is 6.61 Å². The van der Waals surface area contributed by atoms with Crippen molar-refractivity contribution >= 4 is 27.5 Å². The number of piperazine rings is 1. The molecule has 2 bridgehead atoms. The Balaban J connectivity index is 1.04. The highest BCUT2D eigenvalue weighted by Gasteiger charge is 2.57. The minimum atomic E-state index is -2.49. The van der Waals surface area contributed by atoms with Gasteiger partial charge in [0.25, 0.3) is 0 Å². The number of benzene rings is 3. The number of hydrogen-bond acceptors (Lipinski definition) is 7. The quantitative estimate of drug-likeness (QED) is 0.208. The molecule has 0 radical (unpaired) electrons. The Labute approximate surface area is 283 Å². The van der Waals surface area contributed by atoms with E-state index in [2.05, 4.69) is 21.0 Å². The normalized spacial score (nSPS) is 25.0. The number of likely N-dealkylation sites (tertiary alicyclic amines) is 1. The van der Waals surface area contributed by atoms with Crippen molar-refractivity contribution in [2.24, 2.45) is 10.8 Å². The SMILES string of the molecule is C#Cc1cccc2cc(O)cc(-c3ccc4c(N5CC6CCC(C5)N6)nc(OCC5(CN6CCC7(CC6)CC(F)(F)C7)CC5)nc4c3F)c12. The molecule has 0 amide bonds. The molecular formula is C39H40F3N5O2. The predicted octanol–water partition coefficient (Wildman–Crippen LogP) is 6.89. The van der Waals surface area contributed by atoms with Crippen molar-refractivity contribution < 1.29 is 23.0 Å². The second-order valence-electron chi connectivity index (χ2n) is 15.5. The van der Waals surface area contributed by atoms with Crippen molar-refractivity contribution in [2.75, 3.05) is 44.2 Å².